The predicted molar refractivity (Wildman–Crippen MR) is 187 cm³/mol. The summed E-state index contributed by atoms with van der Waals surface area (Å²) < 4.78 is 21.8. The van der Waals surface area contributed by atoms with Gasteiger partial charge in [-0.15, -0.1) is 0 Å². The maximum atomic E-state index is 12.9. The van der Waals surface area contributed by atoms with Gasteiger partial charge in [0.2, 0.25) is 24.0 Å². The number of hydrogen-bond donors (Lipinski definition) is 6. The van der Waals surface area contributed by atoms with E-state index in [4.69, 9.17) is 18.9 Å². The van der Waals surface area contributed by atoms with E-state index in [-0.39, 0.29) is 61.5 Å². The Kier molecular flexibility index (Phi) is 21.2. The SMILES string of the molecule is CC.CC(=O)OCc1ccc(NC(=O)CNC(=O)C(NC(=O)CCOCCNCCC(=O)C(C)C)C(C)C)c(OC2CC(O)CC(C(=O)O)O2)c1. The van der Waals surface area contributed by atoms with Crippen molar-refractivity contribution in [1.82, 2.24) is 16.0 Å². The van der Waals surface area contributed by atoms with E-state index < -0.39 is 60.7 Å². The van der Waals surface area contributed by atoms with Gasteiger partial charge in [-0.1, -0.05) is 47.6 Å². The van der Waals surface area contributed by atoms with Gasteiger partial charge in [0.25, 0.3) is 0 Å². The lowest BCUT2D eigenvalue weighted by atomic mass is 10.0. The monoisotopic (exact) mass is 724 g/mol. The minimum Gasteiger partial charge on any atom is -0.479 e. The van der Waals surface area contributed by atoms with Crippen LogP contribution >= 0.6 is 0 Å². The molecule has 1 aromatic rings. The highest BCUT2D eigenvalue weighted by Crippen LogP contribution is 2.31. The number of aliphatic hydroxyl groups excluding tert-OH is 1. The number of ether oxygens (including phenoxy) is 4. The van der Waals surface area contributed by atoms with E-state index >= 15 is 0 Å². The molecule has 2 rings (SSSR count). The fourth-order valence-corrected chi connectivity index (χ4v) is 4.57. The number of hydrogen-bond acceptors (Lipinski definition) is 12. The summed E-state index contributed by atoms with van der Waals surface area (Å²) in [6.07, 6.45) is -3.14. The molecule has 0 spiro atoms. The largest absolute Gasteiger partial charge is 0.479 e. The Morgan fingerprint density at radius 3 is 2.29 bits per heavy atom. The molecule has 6 N–H and O–H groups in total. The minimum atomic E-state index is -1.30. The fourth-order valence-electron chi connectivity index (χ4n) is 4.57. The smallest absolute Gasteiger partial charge is 0.333 e. The van der Waals surface area contributed by atoms with Gasteiger partial charge in [0.05, 0.1) is 31.5 Å². The number of amides is 3. The molecule has 1 saturated heterocycles. The molecule has 288 valence electrons. The Morgan fingerprint density at radius 2 is 1.67 bits per heavy atom. The van der Waals surface area contributed by atoms with Crippen LogP contribution in [0.5, 0.6) is 5.75 Å². The van der Waals surface area contributed by atoms with E-state index in [0.717, 1.165) is 0 Å². The third-order valence-corrected chi connectivity index (χ3v) is 7.34. The summed E-state index contributed by atoms with van der Waals surface area (Å²) in [7, 11) is 0. The van der Waals surface area contributed by atoms with Crippen LogP contribution in [-0.4, -0.2) is 103 Å². The molecule has 0 radical (unpaired) electrons. The molecule has 0 aliphatic carbocycles. The van der Waals surface area contributed by atoms with Gasteiger partial charge in [0.15, 0.2) is 6.10 Å². The van der Waals surface area contributed by atoms with Crippen LogP contribution in [-0.2, 0) is 49.6 Å². The molecule has 1 fully saturated rings. The second-order valence-electron chi connectivity index (χ2n) is 12.3. The highest BCUT2D eigenvalue weighted by atomic mass is 16.7. The highest BCUT2D eigenvalue weighted by molar-refractivity contribution is 5.97. The van der Waals surface area contributed by atoms with E-state index in [1.165, 1.54) is 19.1 Å². The van der Waals surface area contributed by atoms with Crippen molar-refractivity contribution >= 4 is 41.1 Å². The average Bonchev–Trinajstić information content (AvgIpc) is 3.07. The molecule has 0 bridgehead atoms. The number of aliphatic hydroxyl groups is 1. The van der Waals surface area contributed by atoms with Crippen LogP contribution in [0.25, 0.3) is 0 Å². The highest BCUT2D eigenvalue weighted by Gasteiger charge is 2.34. The Bertz CT molecular complexity index is 1290. The standard InChI is InChI=1S/C33H50N4O12.C2H6/c1-19(2)25(40)8-10-34-11-13-46-12-9-28(41)37-31(20(3)4)32(43)35-17-29(42)36-24-7-6-22(18-47-21(5)38)14-26(24)48-30-16-23(39)15-27(49-30)33(44)45;1-2/h6-7,14,19-20,23,27,30-31,34,39H,8-13,15-18H2,1-5H3,(H,35,43)(H,36,42)(H,37,41)(H,44,45);1-2H3. The quantitative estimate of drug-likeness (QED) is 0.0788. The molecule has 3 amide bonds. The Morgan fingerprint density at radius 1 is 0.961 bits per heavy atom. The number of Topliss-reactive ketones (excluding diaryl/α,β-unsaturated/α-hetero) is 1. The third kappa shape index (κ3) is 18.1. The van der Waals surface area contributed by atoms with Crippen LogP contribution in [0.3, 0.4) is 0 Å². The van der Waals surface area contributed by atoms with Crippen molar-refractivity contribution in [3.05, 3.63) is 23.8 Å². The van der Waals surface area contributed by atoms with Crippen molar-refractivity contribution in [1.29, 1.82) is 0 Å². The minimum absolute atomic E-state index is 0.000734. The van der Waals surface area contributed by atoms with Gasteiger partial charge in [0, 0.05) is 51.6 Å². The Labute approximate surface area is 299 Å². The van der Waals surface area contributed by atoms with Gasteiger partial charge < -0.3 is 50.4 Å². The van der Waals surface area contributed by atoms with E-state index in [1.54, 1.807) is 19.9 Å². The van der Waals surface area contributed by atoms with Crippen molar-refractivity contribution in [2.75, 3.05) is 38.2 Å². The topological polar surface area (TPSA) is 228 Å². The van der Waals surface area contributed by atoms with Gasteiger partial charge in [0.1, 0.15) is 24.2 Å². The van der Waals surface area contributed by atoms with Crippen LogP contribution in [0.4, 0.5) is 5.69 Å². The van der Waals surface area contributed by atoms with Crippen molar-refractivity contribution in [2.45, 2.75) is 105 Å². The lowest BCUT2D eigenvalue weighted by molar-refractivity contribution is -0.195. The number of carboxylic acids is 1. The number of nitrogens with one attached hydrogen (secondary N) is 4. The summed E-state index contributed by atoms with van der Waals surface area (Å²) >= 11 is 0. The van der Waals surface area contributed by atoms with E-state index in [1.807, 2.05) is 27.7 Å². The molecule has 4 unspecified atom stereocenters. The summed E-state index contributed by atoms with van der Waals surface area (Å²) in [4.78, 5) is 72.7. The van der Waals surface area contributed by atoms with Crippen LogP contribution in [0.1, 0.15) is 79.7 Å². The van der Waals surface area contributed by atoms with Gasteiger partial charge in [-0.05, 0) is 23.6 Å². The predicted octanol–water partition coefficient (Wildman–Crippen LogP) is 1.91. The summed E-state index contributed by atoms with van der Waals surface area (Å²) in [5.41, 5.74) is 0.643. The third-order valence-electron chi connectivity index (χ3n) is 7.34. The lowest BCUT2D eigenvalue weighted by Crippen LogP contribution is -2.51. The van der Waals surface area contributed by atoms with Gasteiger partial charge in [-0.3, -0.25) is 24.0 Å². The zero-order chi connectivity index (χ0) is 38.5. The van der Waals surface area contributed by atoms with Crippen molar-refractivity contribution in [2.24, 2.45) is 11.8 Å². The van der Waals surface area contributed by atoms with Crippen LogP contribution in [0.15, 0.2) is 18.2 Å². The van der Waals surface area contributed by atoms with Crippen molar-refractivity contribution in [3.8, 4) is 5.75 Å². The fraction of sp³-hybridized carbons (Fsp3) is 0.657. The molecule has 16 nitrogen and oxygen atoms in total. The molecule has 0 saturated carbocycles. The first-order valence-electron chi connectivity index (χ1n) is 17.3. The number of carbonyl (C=O) groups excluding carboxylic acids is 5. The molecule has 16 heteroatoms. The summed E-state index contributed by atoms with van der Waals surface area (Å²) in [5, 5.41) is 30.4. The van der Waals surface area contributed by atoms with Gasteiger partial charge in [-0.25, -0.2) is 4.79 Å². The summed E-state index contributed by atoms with van der Waals surface area (Å²) in [6.45, 7) is 13.5. The summed E-state index contributed by atoms with van der Waals surface area (Å²) in [6, 6.07) is 3.60. The number of carbonyl (C=O) groups is 6. The van der Waals surface area contributed by atoms with E-state index in [9.17, 15) is 39.0 Å². The van der Waals surface area contributed by atoms with Crippen molar-refractivity contribution < 1.29 is 57.9 Å². The zero-order valence-corrected chi connectivity index (χ0v) is 30.7. The first kappa shape index (κ1) is 44.9. The lowest BCUT2D eigenvalue weighted by Gasteiger charge is -2.31. The number of benzene rings is 1. The number of aliphatic carboxylic acids is 1. The zero-order valence-electron chi connectivity index (χ0n) is 30.7. The van der Waals surface area contributed by atoms with E-state index in [2.05, 4.69) is 21.3 Å². The van der Waals surface area contributed by atoms with Gasteiger partial charge in [-0.2, -0.15) is 0 Å². The normalized spacial score (nSPS) is 17.4. The number of esters is 1. The maximum absolute atomic E-state index is 12.9. The second kappa shape index (κ2) is 24.1. The second-order valence-corrected chi connectivity index (χ2v) is 12.3. The molecule has 4 atom stereocenters. The molecule has 1 aliphatic rings. The molecule has 0 aromatic heterocycles. The Hall–Kier alpha value is -4.12. The molecule has 51 heavy (non-hydrogen) atoms. The molecule has 1 aliphatic heterocycles. The molecule has 1 aromatic carbocycles. The van der Waals surface area contributed by atoms with Gasteiger partial charge >= 0.3 is 11.9 Å². The number of carboxylic acid groups (broad SMARTS) is 1. The van der Waals surface area contributed by atoms with E-state index in [0.29, 0.717) is 31.7 Å². The van der Waals surface area contributed by atoms with Crippen LogP contribution in [0, 0.1) is 11.8 Å². The number of ketones is 1. The first-order valence-corrected chi connectivity index (χ1v) is 17.3. The van der Waals surface area contributed by atoms with Crippen LogP contribution < -0.4 is 26.0 Å². The molecule has 1 heterocycles. The Balaban J connectivity index is 0.00000638. The average molecular weight is 725 g/mol. The number of rotatable bonds is 21. The molecular weight excluding hydrogens is 668 g/mol. The summed E-state index contributed by atoms with van der Waals surface area (Å²) in [5.74, 6) is -3.44. The first-order chi connectivity index (χ1) is 24.2. The molecular formula is C35H56N4O12. The maximum Gasteiger partial charge on any atom is 0.333 e. The number of anilines is 1. The van der Waals surface area contributed by atoms with Crippen molar-refractivity contribution in [3.63, 3.8) is 0 Å². The van der Waals surface area contributed by atoms with Crippen LogP contribution in [0.2, 0.25) is 0 Å².